The van der Waals surface area contributed by atoms with Gasteiger partial charge in [0.15, 0.2) is 0 Å². The summed E-state index contributed by atoms with van der Waals surface area (Å²) >= 11 is 2.19. The molecule has 0 aliphatic heterocycles. The minimum atomic E-state index is -0.246. The number of benzene rings is 2. The second kappa shape index (κ2) is 6.92. The minimum absolute atomic E-state index is 0.172. The number of halogens is 1. The number of alkyl halides is 1. The highest BCUT2D eigenvalue weighted by Crippen LogP contribution is 2.25. The second-order valence-electron chi connectivity index (χ2n) is 4.55. The summed E-state index contributed by atoms with van der Waals surface area (Å²) < 4.78 is 11.2. The van der Waals surface area contributed by atoms with Crippen LogP contribution in [0.3, 0.4) is 0 Å². The minimum Gasteiger partial charge on any atom is -0.497 e. The van der Waals surface area contributed by atoms with Crippen molar-refractivity contribution in [3.8, 4) is 5.75 Å². The number of carbonyl (C=O) groups is 1. The first-order valence-electron chi connectivity index (χ1n) is 6.46. The Morgan fingerprint density at radius 2 is 1.90 bits per heavy atom. The second-order valence-corrected chi connectivity index (χ2v) is 5.63. The van der Waals surface area contributed by atoms with Gasteiger partial charge in [0.05, 0.1) is 13.0 Å². The van der Waals surface area contributed by atoms with Gasteiger partial charge in [0.2, 0.25) is 0 Å². The summed E-state index contributed by atoms with van der Waals surface area (Å²) in [4.78, 5) is 11.9. The van der Waals surface area contributed by atoms with Crippen molar-refractivity contribution in [2.45, 2.75) is 12.8 Å². The van der Waals surface area contributed by atoms with Crippen LogP contribution in [-0.4, -0.2) is 24.1 Å². The van der Waals surface area contributed by atoms with E-state index in [0.717, 1.165) is 26.5 Å². The molecule has 0 amide bonds. The van der Waals surface area contributed by atoms with Crippen molar-refractivity contribution in [3.05, 3.63) is 42.0 Å². The fourth-order valence-corrected chi connectivity index (χ4v) is 2.26. The molecule has 0 bridgehead atoms. The van der Waals surface area contributed by atoms with Gasteiger partial charge in [-0.2, -0.15) is 0 Å². The van der Waals surface area contributed by atoms with Crippen LogP contribution in [0.25, 0.3) is 10.8 Å². The highest BCUT2D eigenvalue weighted by atomic mass is 127. The zero-order chi connectivity index (χ0) is 14.5. The molecule has 0 saturated heterocycles. The number of ether oxygens (including phenoxy) is 2. The molecule has 0 unspecified atom stereocenters. The Bertz CT molecular complexity index is 610. The molecule has 0 saturated carbocycles. The lowest BCUT2D eigenvalue weighted by Gasteiger charge is -2.12. The normalized spacial score (nSPS) is 12.2. The van der Waals surface area contributed by atoms with Crippen LogP contribution >= 0.6 is 22.6 Å². The summed E-state index contributed by atoms with van der Waals surface area (Å²) in [7, 11) is 1.65. The van der Waals surface area contributed by atoms with Crippen molar-refractivity contribution < 1.29 is 14.3 Å². The molecule has 2 aromatic carbocycles. The number of rotatable bonds is 5. The molecule has 0 radical (unpaired) electrons. The quantitative estimate of drug-likeness (QED) is 0.445. The molecular formula is C16H17IO3. The average Bonchev–Trinajstić information content (AvgIpc) is 2.50. The van der Waals surface area contributed by atoms with Gasteiger partial charge in [0, 0.05) is 4.43 Å². The van der Waals surface area contributed by atoms with Crippen LogP contribution in [0.4, 0.5) is 0 Å². The van der Waals surface area contributed by atoms with Gasteiger partial charge in [0.1, 0.15) is 12.4 Å². The van der Waals surface area contributed by atoms with Gasteiger partial charge in [-0.05, 0) is 35.4 Å². The molecule has 4 heteroatoms. The lowest BCUT2D eigenvalue weighted by molar-refractivity contribution is -0.144. The van der Waals surface area contributed by atoms with E-state index in [9.17, 15) is 4.79 Å². The van der Waals surface area contributed by atoms with E-state index < -0.39 is 0 Å². The number of esters is 1. The number of carbonyl (C=O) groups excluding carboxylic acids is 1. The Hall–Kier alpha value is -1.30. The molecule has 0 fully saturated rings. The molecule has 2 aromatic rings. The first kappa shape index (κ1) is 15.1. The first-order chi connectivity index (χ1) is 9.65. The molecule has 2 rings (SSSR count). The van der Waals surface area contributed by atoms with Crippen LogP contribution in [0.1, 0.15) is 18.4 Å². The lowest BCUT2D eigenvalue weighted by atomic mass is 9.98. The van der Waals surface area contributed by atoms with Gasteiger partial charge < -0.3 is 9.47 Å². The summed E-state index contributed by atoms with van der Waals surface area (Å²) in [6, 6.07) is 11.9. The van der Waals surface area contributed by atoms with Crippen LogP contribution in [0.15, 0.2) is 36.4 Å². The third-order valence-electron chi connectivity index (χ3n) is 3.25. The van der Waals surface area contributed by atoms with Gasteiger partial charge >= 0.3 is 5.97 Å². The number of fused-ring (bicyclic) bond motifs is 1. The SMILES string of the molecule is COc1ccc2cc([C@H](C)C(=O)OCCI)ccc2c1. The van der Waals surface area contributed by atoms with Crippen molar-refractivity contribution in [1.82, 2.24) is 0 Å². The van der Waals surface area contributed by atoms with Crippen LogP contribution in [-0.2, 0) is 9.53 Å². The van der Waals surface area contributed by atoms with Crippen LogP contribution < -0.4 is 4.74 Å². The summed E-state index contributed by atoms with van der Waals surface area (Å²) in [6.45, 7) is 2.34. The molecule has 106 valence electrons. The van der Waals surface area contributed by atoms with E-state index in [-0.39, 0.29) is 11.9 Å². The van der Waals surface area contributed by atoms with Gasteiger partial charge in [0.25, 0.3) is 0 Å². The summed E-state index contributed by atoms with van der Waals surface area (Å²) in [6.07, 6.45) is 0. The number of hydrogen-bond acceptors (Lipinski definition) is 3. The Morgan fingerprint density at radius 3 is 2.60 bits per heavy atom. The van der Waals surface area contributed by atoms with E-state index in [0.29, 0.717) is 6.61 Å². The summed E-state index contributed by atoms with van der Waals surface area (Å²) in [5, 5.41) is 2.19. The highest BCUT2D eigenvalue weighted by Gasteiger charge is 2.16. The maximum atomic E-state index is 11.9. The van der Waals surface area contributed by atoms with Crippen LogP contribution in [0.2, 0.25) is 0 Å². The molecular weight excluding hydrogens is 367 g/mol. The molecule has 0 aliphatic rings. The van der Waals surface area contributed by atoms with E-state index in [2.05, 4.69) is 22.6 Å². The van der Waals surface area contributed by atoms with Crippen LogP contribution in [0, 0.1) is 0 Å². The highest BCUT2D eigenvalue weighted by molar-refractivity contribution is 14.1. The van der Waals surface area contributed by atoms with E-state index in [4.69, 9.17) is 9.47 Å². The Kier molecular flexibility index (Phi) is 5.23. The largest absolute Gasteiger partial charge is 0.497 e. The predicted octanol–water partition coefficient (Wildman–Crippen LogP) is 3.93. The average molecular weight is 384 g/mol. The Balaban J connectivity index is 2.25. The van der Waals surface area contributed by atoms with E-state index in [1.165, 1.54) is 0 Å². The van der Waals surface area contributed by atoms with Crippen molar-refractivity contribution in [2.75, 3.05) is 18.1 Å². The van der Waals surface area contributed by atoms with E-state index in [1.807, 2.05) is 43.3 Å². The Morgan fingerprint density at radius 1 is 1.20 bits per heavy atom. The summed E-state index contributed by atoms with van der Waals surface area (Å²) in [5.41, 5.74) is 0.973. The zero-order valence-electron chi connectivity index (χ0n) is 11.6. The fourth-order valence-electron chi connectivity index (χ4n) is 2.04. The van der Waals surface area contributed by atoms with E-state index in [1.54, 1.807) is 7.11 Å². The van der Waals surface area contributed by atoms with Gasteiger partial charge in [-0.1, -0.05) is 46.9 Å². The molecule has 0 spiro atoms. The van der Waals surface area contributed by atoms with Crippen molar-refractivity contribution in [1.29, 1.82) is 0 Å². The van der Waals surface area contributed by atoms with Crippen molar-refractivity contribution >= 4 is 39.3 Å². The molecule has 0 N–H and O–H groups in total. The van der Waals surface area contributed by atoms with Crippen molar-refractivity contribution in [3.63, 3.8) is 0 Å². The zero-order valence-corrected chi connectivity index (χ0v) is 13.7. The van der Waals surface area contributed by atoms with Crippen molar-refractivity contribution in [2.24, 2.45) is 0 Å². The van der Waals surface area contributed by atoms with Crippen LogP contribution in [0.5, 0.6) is 5.75 Å². The first-order valence-corrected chi connectivity index (χ1v) is 7.98. The number of hydrogen-bond donors (Lipinski definition) is 0. The smallest absolute Gasteiger partial charge is 0.313 e. The summed E-state index contributed by atoms with van der Waals surface area (Å²) in [5.74, 6) is 0.415. The van der Waals surface area contributed by atoms with E-state index >= 15 is 0 Å². The maximum Gasteiger partial charge on any atom is 0.313 e. The molecule has 0 aliphatic carbocycles. The van der Waals surface area contributed by atoms with Gasteiger partial charge in [-0.15, -0.1) is 0 Å². The van der Waals surface area contributed by atoms with Gasteiger partial charge in [-0.3, -0.25) is 4.79 Å². The molecule has 0 heterocycles. The third-order valence-corrected chi connectivity index (χ3v) is 3.69. The fraction of sp³-hybridized carbons (Fsp3) is 0.312. The lowest BCUT2D eigenvalue weighted by Crippen LogP contribution is -2.14. The topological polar surface area (TPSA) is 35.5 Å². The molecule has 20 heavy (non-hydrogen) atoms. The maximum absolute atomic E-state index is 11.9. The molecule has 0 aromatic heterocycles. The Labute approximate surface area is 132 Å². The third kappa shape index (κ3) is 3.42. The predicted molar refractivity (Wildman–Crippen MR) is 88.8 cm³/mol. The standard InChI is InChI=1S/C16H17IO3/c1-11(16(18)20-8-7-17)12-3-4-14-10-15(19-2)6-5-13(14)9-12/h3-6,9-11H,7-8H2,1-2H3/t11-/m0/s1. The number of methoxy groups -OCH3 is 1. The van der Waals surface area contributed by atoms with Gasteiger partial charge in [-0.25, -0.2) is 0 Å². The molecule has 3 nitrogen and oxygen atoms in total. The monoisotopic (exact) mass is 384 g/mol. The molecule has 1 atom stereocenters.